The van der Waals surface area contributed by atoms with Crippen molar-refractivity contribution in [2.45, 2.75) is 19.8 Å². The zero-order valence-electron chi connectivity index (χ0n) is 16.4. The van der Waals surface area contributed by atoms with Crippen LogP contribution in [0.1, 0.15) is 39.1 Å². The number of benzene rings is 2. The highest BCUT2D eigenvalue weighted by molar-refractivity contribution is 6.05. The number of carbonyl (C=O) groups is 2. The van der Waals surface area contributed by atoms with Gasteiger partial charge in [0.2, 0.25) is 0 Å². The zero-order valence-corrected chi connectivity index (χ0v) is 17.2. The highest BCUT2D eigenvalue weighted by Gasteiger charge is 2.24. The van der Waals surface area contributed by atoms with Crippen LogP contribution in [-0.2, 0) is 0 Å². The molecule has 0 aliphatic carbocycles. The third-order valence-electron chi connectivity index (χ3n) is 5.07. The van der Waals surface area contributed by atoms with Gasteiger partial charge in [-0.3, -0.25) is 9.59 Å². The monoisotopic (exact) mass is 401 g/mol. The summed E-state index contributed by atoms with van der Waals surface area (Å²) in [5.41, 5.74) is 2.83. The number of amides is 2. The fourth-order valence-corrected chi connectivity index (χ4v) is 3.56. The Morgan fingerprint density at radius 3 is 2.57 bits per heavy atom. The first-order valence-corrected chi connectivity index (χ1v) is 9.49. The molecule has 0 bridgehead atoms. The molecule has 0 aromatic heterocycles. The van der Waals surface area contributed by atoms with Crippen molar-refractivity contribution in [2.75, 3.05) is 32.0 Å². The number of anilines is 1. The first kappa shape index (κ1) is 21.9. The van der Waals surface area contributed by atoms with Crippen molar-refractivity contribution in [1.29, 1.82) is 0 Å². The predicted molar refractivity (Wildman–Crippen MR) is 115 cm³/mol. The first-order valence-electron chi connectivity index (χ1n) is 9.49. The second-order valence-corrected chi connectivity index (χ2v) is 7.17. The molecule has 1 atom stereocenters. The average Bonchev–Trinajstić information content (AvgIpc) is 2.70. The molecule has 3 rings (SSSR count). The Labute approximate surface area is 172 Å². The molecule has 5 nitrogen and oxygen atoms in total. The standard InChI is InChI=1S/C22H27N3O2.ClH/c1-16-10-11-19(22(27)25-12-6-7-17(15-25)14-23-2)13-20(16)24-21(26)18-8-4-3-5-9-18;/h3-5,8-11,13,17,23H,6-7,12,14-15H2,1-2H3,(H,24,26);1H. The van der Waals surface area contributed by atoms with Crippen molar-refractivity contribution in [3.8, 4) is 0 Å². The molecule has 1 unspecified atom stereocenters. The molecule has 6 heteroatoms. The summed E-state index contributed by atoms with van der Waals surface area (Å²) < 4.78 is 0. The van der Waals surface area contributed by atoms with Crippen molar-refractivity contribution in [3.63, 3.8) is 0 Å². The van der Waals surface area contributed by atoms with E-state index in [2.05, 4.69) is 10.6 Å². The number of hydrogen-bond acceptors (Lipinski definition) is 3. The number of hydrogen-bond donors (Lipinski definition) is 2. The Hall–Kier alpha value is -2.37. The Morgan fingerprint density at radius 1 is 1.11 bits per heavy atom. The van der Waals surface area contributed by atoms with Crippen LogP contribution in [0.3, 0.4) is 0 Å². The molecule has 2 amide bonds. The average molecular weight is 402 g/mol. The van der Waals surface area contributed by atoms with Crippen LogP contribution in [0, 0.1) is 12.8 Å². The fourth-order valence-electron chi connectivity index (χ4n) is 3.56. The molecule has 1 aliphatic rings. The van der Waals surface area contributed by atoms with Crippen LogP contribution in [0.15, 0.2) is 48.5 Å². The third-order valence-corrected chi connectivity index (χ3v) is 5.07. The van der Waals surface area contributed by atoms with E-state index in [-0.39, 0.29) is 24.2 Å². The van der Waals surface area contributed by atoms with E-state index in [0.29, 0.717) is 22.7 Å². The third kappa shape index (κ3) is 5.33. The van der Waals surface area contributed by atoms with Gasteiger partial charge in [-0.2, -0.15) is 0 Å². The van der Waals surface area contributed by atoms with Gasteiger partial charge in [-0.1, -0.05) is 24.3 Å². The van der Waals surface area contributed by atoms with Gasteiger partial charge in [0.25, 0.3) is 11.8 Å². The van der Waals surface area contributed by atoms with Crippen LogP contribution in [0.4, 0.5) is 5.69 Å². The second kappa shape index (κ2) is 10.2. The maximum atomic E-state index is 13.0. The highest BCUT2D eigenvalue weighted by Crippen LogP contribution is 2.22. The summed E-state index contributed by atoms with van der Waals surface area (Å²) in [5, 5.41) is 6.14. The maximum Gasteiger partial charge on any atom is 0.255 e. The normalized spacial score (nSPS) is 16.2. The summed E-state index contributed by atoms with van der Waals surface area (Å²) in [6.45, 7) is 4.42. The molecule has 1 aliphatic heterocycles. The molecule has 1 fully saturated rings. The number of rotatable bonds is 5. The van der Waals surface area contributed by atoms with Crippen LogP contribution in [0.25, 0.3) is 0 Å². The van der Waals surface area contributed by atoms with Crippen molar-refractivity contribution in [2.24, 2.45) is 5.92 Å². The van der Waals surface area contributed by atoms with E-state index in [1.165, 1.54) is 0 Å². The van der Waals surface area contributed by atoms with Gasteiger partial charge in [0.1, 0.15) is 0 Å². The van der Waals surface area contributed by atoms with Crippen molar-refractivity contribution in [1.82, 2.24) is 10.2 Å². The van der Waals surface area contributed by atoms with Gasteiger partial charge < -0.3 is 15.5 Å². The molecular formula is C22H28ClN3O2. The Bertz CT molecular complexity index is 809. The Morgan fingerprint density at radius 2 is 1.86 bits per heavy atom. The number of carbonyl (C=O) groups excluding carboxylic acids is 2. The van der Waals surface area contributed by atoms with E-state index in [1.807, 2.05) is 49.2 Å². The number of halogens is 1. The Balaban J connectivity index is 0.00000280. The molecule has 2 N–H and O–H groups in total. The van der Waals surface area contributed by atoms with Gasteiger partial charge in [-0.15, -0.1) is 12.4 Å². The van der Waals surface area contributed by atoms with Crippen LogP contribution in [-0.4, -0.2) is 43.4 Å². The van der Waals surface area contributed by atoms with Crippen molar-refractivity contribution < 1.29 is 9.59 Å². The van der Waals surface area contributed by atoms with E-state index < -0.39 is 0 Å². The molecule has 2 aromatic carbocycles. The molecule has 2 aromatic rings. The van der Waals surface area contributed by atoms with E-state index >= 15 is 0 Å². The number of piperidine rings is 1. The molecule has 0 radical (unpaired) electrons. The lowest BCUT2D eigenvalue weighted by atomic mass is 9.97. The molecule has 1 saturated heterocycles. The quantitative estimate of drug-likeness (QED) is 0.802. The van der Waals surface area contributed by atoms with Gasteiger partial charge in [0.05, 0.1) is 0 Å². The van der Waals surface area contributed by atoms with Gasteiger partial charge in [-0.05, 0) is 69.1 Å². The molecule has 150 valence electrons. The van der Waals surface area contributed by atoms with Crippen LogP contribution in [0.2, 0.25) is 0 Å². The molecule has 1 heterocycles. The minimum Gasteiger partial charge on any atom is -0.338 e. The molecule has 0 saturated carbocycles. The minimum absolute atomic E-state index is 0. The van der Waals surface area contributed by atoms with Gasteiger partial charge in [0.15, 0.2) is 0 Å². The summed E-state index contributed by atoms with van der Waals surface area (Å²) in [7, 11) is 1.95. The van der Waals surface area contributed by atoms with Gasteiger partial charge in [-0.25, -0.2) is 0 Å². The van der Waals surface area contributed by atoms with E-state index in [4.69, 9.17) is 0 Å². The second-order valence-electron chi connectivity index (χ2n) is 7.17. The smallest absolute Gasteiger partial charge is 0.255 e. The summed E-state index contributed by atoms with van der Waals surface area (Å²) in [4.78, 5) is 27.3. The lowest BCUT2D eigenvalue weighted by molar-refractivity contribution is 0.0674. The molecule has 0 spiro atoms. The van der Waals surface area contributed by atoms with Gasteiger partial charge >= 0.3 is 0 Å². The van der Waals surface area contributed by atoms with Crippen LogP contribution < -0.4 is 10.6 Å². The summed E-state index contributed by atoms with van der Waals surface area (Å²) in [6.07, 6.45) is 2.18. The van der Waals surface area contributed by atoms with E-state index in [1.54, 1.807) is 18.2 Å². The minimum atomic E-state index is -0.171. The lowest BCUT2D eigenvalue weighted by Gasteiger charge is -2.33. The number of likely N-dealkylation sites (tertiary alicyclic amines) is 1. The largest absolute Gasteiger partial charge is 0.338 e. The summed E-state index contributed by atoms with van der Waals surface area (Å²) in [5.74, 6) is 0.358. The Kier molecular flexibility index (Phi) is 8.03. The van der Waals surface area contributed by atoms with E-state index in [0.717, 1.165) is 38.0 Å². The topological polar surface area (TPSA) is 61.4 Å². The van der Waals surface area contributed by atoms with Crippen molar-refractivity contribution >= 4 is 29.9 Å². The summed E-state index contributed by atoms with van der Waals surface area (Å²) >= 11 is 0. The maximum absolute atomic E-state index is 13.0. The molecule has 28 heavy (non-hydrogen) atoms. The van der Waals surface area contributed by atoms with Crippen LogP contribution >= 0.6 is 12.4 Å². The van der Waals surface area contributed by atoms with Crippen LogP contribution in [0.5, 0.6) is 0 Å². The van der Waals surface area contributed by atoms with Gasteiger partial charge in [0, 0.05) is 29.9 Å². The number of aryl methyl sites for hydroxylation is 1. The fraction of sp³-hybridized carbons (Fsp3) is 0.364. The van der Waals surface area contributed by atoms with E-state index in [9.17, 15) is 9.59 Å². The molecular weight excluding hydrogens is 374 g/mol. The number of nitrogens with one attached hydrogen (secondary N) is 2. The summed E-state index contributed by atoms with van der Waals surface area (Å²) in [6, 6.07) is 14.6. The first-order chi connectivity index (χ1) is 13.1. The SMILES string of the molecule is CNCC1CCCN(C(=O)c2ccc(C)c(NC(=O)c3ccccc3)c2)C1.Cl. The lowest BCUT2D eigenvalue weighted by Crippen LogP contribution is -2.42. The predicted octanol–water partition coefficient (Wildman–Crippen LogP) is 3.74. The number of nitrogens with zero attached hydrogens (tertiary/aromatic N) is 1. The highest BCUT2D eigenvalue weighted by atomic mass is 35.5. The zero-order chi connectivity index (χ0) is 19.2. The van der Waals surface area contributed by atoms with Crippen molar-refractivity contribution in [3.05, 3.63) is 65.2 Å².